The van der Waals surface area contributed by atoms with Crippen molar-refractivity contribution >= 4 is 40.1 Å². The number of aryl methyl sites for hydroxylation is 3. The van der Waals surface area contributed by atoms with E-state index < -0.39 is 23.4 Å². The molecule has 0 atom stereocenters. The number of rotatable bonds is 5. The van der Waals surface area contributed by atoms with E-state index in [0.717, 1.165) is 33.2 Å². The summed E-state index contributed by atoms with van der Waals surface area (Å²) in [5, 5.41) is 10.3. The zero-order chi connectivity index (χ0) is 25.9. The number of benzene rings is 3. The summed E-state index contributed by atoms with van der Waals surface area (Å²) in [6.07, 6.45) is 0.600. The molecule has 0 unspecified atom stereocenters. The molecule has 8 nitrogen and oxygen atoms in total. The second-order valence-electron chi connectivity index (χ2n) is 9.24. The second kappa shape index (κ2) is 10.4. The first-order valence-corrected chi connectivity index (χ1v) is 11.9. The predicted molar refractivity (Wildman–Crippen MR) is 140 cm³/mol. The van der Waals surface area contributed by atoms with Crippen molar-refractivity contribution < 1.29 is 23.9 Å². The van der Waals surface area contributed by atoms with Crippen LogP contribution in [-0.4, -0.2) is 43.8 Å². The lowest BCUT2D eigenvalue weighted by Crippen LogP contribution is -2.58. The van der Waals surface area contributed by atoms with Crippen molar-refractivity contribution in [1.82, 2.24) is 5.32 Å². The molecule has 3 N–H and O–H groups in total. The van der Waals surface area contributed by atoms with Gasteiger partial charge in [0.1, 0.15) is 5.54 Å². The van der Waals surface area contributed by atoms with Gasteiger partial charge in [-0.2, -0.15) is 0 Å². The van der Waals surface area contributed by atoms with Gasteiger partial charge in [0, 0.05) is 31.7 Å². The molecule has 0 saturated carbocycles. The number of amides is 3. The van der Waals surface area contributed by atoms with Crippen LogP contribution < -0.4 is 16.0 Å². The summed E-state index contributed by atoms with van der Waals surface area (Å²) in [5.41, 5.74) is 3.10. The van der Waals surface area contributed by atoms with Gasteiger partial charge in [0.25, 0.3) is 5.91 Å². The van der Waals surface area contributed by atoms with Crippen LogP contribution in [-0.2, 0) is 14.3 Å². The van der Waals surface area contributed by atoms with Gasteiger partial charge in [0.15, 0.2) is 0 Å². The van der Waals surface area contributed by atoms with Gasteiger partial charge in [-0.3, -0.25) is 4.79 Å². The number of carbonyl (C=O) groups is 3. The summed E-state index contributed by atoms with van der Waals surface area (Å²) >= 11 is 0. The van der Waals surface area contributed by atoms with Gasteiger partial charge in [-0.1, -0.05) is 42.0 Å². The van der Waals surface area contributed by atoms with E-state index in [1.54, 1.807) is 12.1 Å². The van der Waals surface area contributed by atoms with Crippen molar-refractivity contribution in [3.8, 4) is 0 Å². The molecule has 1 saturated heterocycles. The first kappa shape index (κ1) is 25.2. The Hall–Kier alpha value is -3.91. The Labute approximate surface area is 210 Å². The fourth-order valence-electron chi connectivity index (χ4n) is 4.76. The van der Waals surface area contributed by atoms with Crippen LogP contribution in [0.4, 0.5) is 16.2 Å². The van der Waals surface area contributed by atoms with Gasteiger partial charge in [-0.25, -0.2) is 9.59 Å². The molecule has 1 aliphatic heterocycles. The van der Waals surface area contributed by atoms with Crippen LogP contribution in [0, 0.1) is 20.8 Å². The van der Waals surface area contributed by atoms with E-state index in [0.29, 0.717) is 31.7 Å². The summed E-state index contributed by atoms with van der Waals surface area (Å²) in [6, 6.07) is 14.6. The standard InChI is InChI=1S/C28H31N3O5/c1-17-13-18(2)24(19(3)14-17)30-27(34)29-23-16-21-8-6-5-7-20(21)15-22(23)25(32)31-28(26(33)35-4)9-11-36-12-10-28/h5-8,13-16H,9-12H2,1-4H3,(H,31,32)(H2,29,30,34). The minimum absolute atomic E-state index is 0.246. The second-order valence-corrected chi connectivity index (χ2v) is 9.24. The zero-order valence-electron chi connectivity index (χ0n) is 21.0. The molecule has 3 aromatic rings. The molecular weight excluding hydrogens is 458 g/mol. The summed E-state index contributed by atoms with van der Waals surface area (Å²) < 4.78 is 10.4. The molecule has 3 aromatic carbocycles. The lowest BCUT2D eigenvalue weighted by molar-refractivity contribution is -0.152. The highest BCUT2D eigenvalue weighted by atomic mass is 16.5. The number of fused-ring (bicyclic) bond motifs is 1. The first-order valence-electron chi connectivity index (χ1n) is 11.9. The topological polar surface area (TPSA) is 106 Å². The molecule has 188 valence electrons. The predicted octanol–water partition coefficient (Wildman–Crippen LogP) is 4.86. The normalized spacial score (nSPS) is 14.7. The van der Waals surface area contributed by atoms with Crippen LogP contribution in [0.2, 0.25) is 0 Å². The van der Waals surface area contributed by atoms with E-state index in [4.69, 9.17) is 9.47 Å². The van der Waals surface area contributed by atoms with Gasteiger partial charge in [-0.05, 0) is 54.8 Å². The highest BCUT2D eigenvalue weighted by Gasteiger charge is 2.43. The van der Waals surface area contributed by atoms with Gasteiger partial charge in [-0.15, -0.1) is 0 Å². The van der Waals surface area contributed by atoms with Gasteiger partial charge in [0.2, 0.25) is 0 Å². The SMILES string of the molecule is COC(=O)C1(NC(=O)c2cc3ccccc3cc2NC(=O)Nc2c(C)cc(C)cc2C)CCOCC1. The Morgan fingerprint density at radius 3 is 2.11 bits per heavy atom. The third-order valence-corrected chi connectivity index (χ3v) is 6.57. The van der Waals surface area contributed by atoms with Gasteiger partial charge < -0.3 is 25.4 Å². The summed E-state index contributed by atoms with van der Waals surface area (Å²) in [5.74, 6) is -0.997. The molecule has 0 aliphatic carbocycles. The van der Waals surface area contributed by atoms with Crippen molar-refractivity contribution in [3.63, 3.8) is 0 Å². The minimum atomic E-state index is -1.19. The molecule has 1 heterocycles. The third kappa shape index (κ3) is 5.18. The molecule has 0 bridgehead atoms. The number of carbonyl (C=O) groups excluding carboxylic acids is 3. The number of hydrogen-bond acceptors (Lipinski definition) is 5. The monoisotopic (exact) mass is 489 g/mol. The number of esters is 1. The maximum Gasteiger partial charge on any atom is 0.331 e. The Morgan fingerprint density at radius 2 is 1.50 bits per heavy atom. The minimum Gasteiger partial charge on any atom is -0.467 e. The highest BCUT2D eigenvalue weighted by Crippen LogP contribution is 2.28. The number of hydrogen-bond donors (Lipinski definition) is 3. The Morgan fingerprint density at radius 1 is 0.889 bits per heavy atom. The molecule has 4 rings (SSSR count). The van der Waals surface area contributed by atoms with Crippen molar-refractivity contribution in [2.45, 2.75) is 39.2 Å². The number of methoxy groups -OCH3 is 1. The molecule has 8 heteroatoms. The molecule has 0 aromatic heterocycles. The average Bonchev–Trinajstić information content (AvgIpc) is 2.85. The van der Waals surface area contributed by atoms with Gasteiger partial charge in [0.05, 0.1) is 18.4 Å². The average molecular weight is 490 g/mol. The van der Waals surface area contributed by atoms with E-state index in [1.165, 1.54) is 7.11 Å². The van der Waals surface area contributed by atoms with Crippen LogP contribution >= 0.6 is 0 Å². The number of urea groups is 1. The van der Waals surface area contributed by atoms with E-state index in [-0.39, 0.29) is 5.56 Å². The summed E-state index contributed by atoms with van der Waals surface area (Å²) in [7, 11) is 1.30. The lowest BCUT2D eigenvalue weighted by atomic mass is 9.89. The van der Waals surface area contributed by atoms with Crippen LogP contribution in [0.1, 0.15) is 39.9 Å². The van der Waals surface area contributed by atoms with Crippen LogP contribution in [0.25, 0.3) is 10.8 Å². The molecule has 0 radical (unpaired) electrons. The molecule has 3 amide bonds. The van der Waals surface area contributed by atoms with Crippen molar-refractivity contribution in [2.24, 2.45) is 0 Å². The van der Waals surface area contributed by atoms with E-state index in [9.17, 15) is 14.4 Å². The largest absolute Gasteiger partial charge is 0.467 e. The van der Waals surface area contributed by atoms with Crippen molar-refractivity contribution in [2.75, 3.05) is 31.0 Å². The number of nitrogens with one attached hydrogen (secondary N) is 3. The smallest absolute Gasteiger partial charge is 0.331 e. The van der Waals surface area contributed by atoms with Gasteiger partial charge >= 0.3 is 12.0 Å². The number of ether oxygens (including phenoxy) is 2. The van der Waals surface area contributed by atoms with E-state index >= 15 is 0 Å². The van der Waals surface area contributed by atoms with Crippen molar-refractivity contribution in [3.05, 3.63) is 70.8 Å². The van der Waals surface area contributed by atoms with Crippen molar-refractivity contribution in [1.29, 1.82) is 0 Å². The molecule has 1 fully saturated rings. The maximum absolute atomic E-state index is 13.6. The third-order valence-electron chi connectivity index (χ3n) is 6.57. The first-order chi connectivity index (χ1) is 17.2. The summed E-state index contributed by atoms with van der Waals surface area (Å²) in [4.78, 5) is 39.3. The fraction of sp³-hybridized carbons (Fsp3) is 0.321. The Kier molecular flexibility index (Phi) is 7.26. The lowest BCUT2D eigenvalue weighted by Gasteiger charge is -2.35. The van der Waals surface area contributed by atoms with Crippen LogP contribution in [0.15, 0.2) is 48.5 Å². The molecular formula is C28H31N3O5. The van der Waals surface area contributed by atoms with Crippen LogP contribution in [0.5, 0.6) is 0 Å². The fourth-order valence-corrected chi connectivity index (χ4v) is 4.76. The number of anilines is 2. The maximum atomic E-state index is 13.6. The zero-order valence-corrected chi connectivity index (χ0v) is 21.0. The summed E-state index contributed by atoms with van der Waals surface area (Å²) in [6.45, 7) is 6.53. The Bertz CT molecular complexity index is 1310. The van der Waals surface area contributed by atoms with E-state index in [2.05, 4.69) is 16.0 Å². The molecule has 36 heavy (non-hydrogen) atoms. The van der Waals surface area contributed by atoms with Crippen LogP contribution in [0.3, 0.4) is 0 Å². The highest BCUT2D eigenvalue weighted by molar-refractivity contribution is 6.10. The molecule has 0 spiro atoms. The molecule has 1 aliphatic rings. The quantitative estimate of drug-likeness (QED) is 0.444. The van der Waals surface area contributed by atoms with E-state index in [1.807, 2.05) is 57.2 Å². The Balaban J connectivity index is 1.67.